The molecule has 18 heavy (non-hydrogen) atoms. The number of nitrogens with one attached hydrogen (secondary N) is 1. The summed E-state index contributed by atoms with van der Waals surface area (Å²) >= 11 is 0. The number of ether oxygens (including phenoxy) is 1. The maximum Gasteiger partial charge on any atom is 0.390 e. The molecule has 1 fully saturated rings. The number of halogens is 3. The van der Waals surface area contributed by atoms with Crippen LogP contribution < -0.4 is 5.32 Å². The fourth-order valence-corrected chi connectivity index (χ4v) is 2.04. The maximum atomic E-state index is 12.0. The highest BCUT2D eigenvalue weighted by atomic mass is 19.4. The average Bonchev–Trinajstić information content (AvgIpc) is 2.78. The van der Waals surface area contributed by atoms with Gasteiger partial charge in [-0.1, -0.05) is 0 Å². The van der Waals surface area contributed by atoms with Gasteiger partial charge in [-0.3, -0.25) is 0 Å². The Bertz CT molecular complexity index is 230. The van der Waals surface area contributed by atoms with Crippen molar-refractivity contribution in [1.82, 2.24) is 10.2 Å². The van der Waals surface area contributed by atoms with E-state index in [0.717, 1.165) is 19.4 Å². The van der Waals surface area contributed by atoms with Crippen LogP contribution in [0.4, 0.5) is 13.2 Å². The molecule has 1 N–H and O–H groups in total. The third kappa shape index (κ3) is 6.56. The fraction of sp³-hybridized carbons (Fsp3) is 1.00. The van der Waals surface area contributed by atoms with Crippen LogP contribution in [0.5, 0.6) is 0 Å². The lowest BCUT2D eigenvalue weighted by Crippen LogP contribution is -2.41. The lowest BCUT2D eigenvalue weighted by Gasteiger charge is -2.22. The van der Waals surface area contributed by atoms with E-state index in [2.05, 4.69) is 12.2 Å². The second-order valence-electron chi connectivity index (χ2n) is 4.96. The van der Waals surface area contributed by atoms with Gasteiger partial charge in [0, 0.05) is 32.3 Å². The van der Waals surface area contributed by atoms with Crippen molar-refractivity contribution in [2.45, 2.75) is 44.5 Å². The molecule has 0 aromatic carbocycles. The molecule has 1 aliphatic rings. The van der Waals surface area contributed by atoms with Crippen LogP contribution in [0.25, 0.3) is 0 Å². The molecule has 0 aromatic heterocycles. The topological polar surface area (TPSA) is 24.5 Å². The minimum Gasteiger partial charge on any atom is -0.377 e. The normalized spacial score (nSPS) is 22.7. The van der Waals surface area contributed by atoms with Gasteiger partial charge in [0.2, 0.25) is 0 Å². The highest BCUT2D eigenvalue weighted by Crippen LogP contribution is 2.19. The van der Waals surface area contributed by atoms with Crippen LogP contribution in [0.3, 0.4) is 0 Å². The fourth-order valence-electron chi connectivity index (χ4n) is 2.04. The van der Waals surface area contributed by atoms with E-state index in [-0.39, 0.29) is 18.7 Å². The van der Waals surface area contributed by atoms with E-state index in [4.69, 9.17) is 4.74 Å². The molecule has 0 radical (unpaired) electrons. The van der Waals surface area contributed by atoms with Crippen molar-refractivity contribution in [1.29, 1.82) is 0 Å². The molecule has 0 amide bonds. The van der Waals surface area contributed by atoms with Gasteiger partial charge >= 0.3 is 6.18 Å². The predicted molar refractivity (Wildman–Crippen MR) is 64.6 cm³/mol. The first-order valence-electron chi connectivity index (χ1n) is 6.49. The van der Waals surface area contributed by atoms with Crippen LogP contribution in [0.15, 0.2) is 0 Å². The van der Waals surface area contributed by atoms with Gasteiger partial charge in [0.25, 0.3) is 0 Å². The third-order valence-corrected chi connectivity index (χ3v) is 3.26. The summed E-state index contributed by atoms with van der Waals surface area (Å²) in [6.07, 6.45) is -2.39. The Morgan fingerprint density at radius 3 is 2.67 bits per heavy atom. The van der Waals surface area contributed by atoms with Gasteiger partial charge in [0.05, 0.1) is 12.5 Å². The van der Waals surface area contributed by atoms with Gasteiger partial charge in [0.15, 0.2) is 0 Å². The van der Waals surface area contributed by atoms with Crippen molar-refractivity contribution in [3.8, 4) is 0 Å². The number of hydrogen-bond acceptors (Lipinski definition) is 3. The Labute approximate surface area is 107 Å². The molecule has 6 heteroatoms. The summed E-state index contributed by atoms with van der Waals surface area (Å²) in [6, 6.07) is 0.267. The number of alkyl halides is 3. The summed E-state index contributed by atoms with van der Waals surface area (Å²) in [5.74, 6) is 0. The quantitative estimate of drug-likeness (QED) is 0.764. The third-order valence-electron chi connectivity index (χ3n) is 3.26. The van der Waals surface area contributed by atoms with Crippen molar-refractivity contribution >= 4 is 0 Å². The van der Waals surface area contributed by atoms with Gasteiger partial charge in [-0.25, -0.2) is 0 Å². The lowest BCUT2D eigenvalue weighted by atomic mass is 10.1. The maximum absolute atomic E-state index is 12.0. The lowest BCUT2D eigenvalue weighted by molar-refractivity contribution is -0.137. The first-order valence-corrected chi connectivity index (χ1v) is 6.49. The zero-order valence-electron chi connectivity index (χ0n) is 11.1. The highest BCUT2D eigenvalue weighted by molar-refractivity contribution is 4.76. The average molecular weight is 268 g/mol. The van der Waals surface area contributed by atoms with Crippen molar-refractivity contribution in [3.05, 3.63) is 0 Å². The summed E-state index contributed by atoms with van der Waals surface area (Å²) in [7, 11) is 1.71. The first-order chi connectivity index (χ1) is 8.38. The van der Waals surface area contributed by atoms with Gasteiger partial charge in [-0.2, -0.15) is 13.2 Å². The van der Waals surface area contributed by atoms with Crippen molar-refractivity contribution < 1.29 is 17.9 Å². The van der Waals surface area contributed by atoms with Crippen LogP contribution >= 0.6 is 0 Å². The van der Waals surface area contributed by atoms with Crippen molar-refractivity contribution in [2.75, 3.05) is 33.3 Å². The molecule has 1 saturated heterocycles. The molecule has 1 heterocycles. The molecule has 1 rings (SSSR count). The second-order valence-corrected chi connectivity index (χ2v) is 4.96. The Kier molecular flexibility index (Phi) is 6.38. The number of nitrogens with zero attached hydrogens (tertiary/aromatic N) is 1. The number of rotatable bonds is 7. The van der Waals surface area contributed by atoms with Gasteiger partial charge in [-0.15, -0.1) is 0 Å². The molecule has 0 bridgehead atoms. The van der Waals surface area contributed by atoms with Gasteiger partial charge < -0.3 is 15.0 Å². The number of hydrogen-bond donors (Lipinski definition) is 1. The number of likely N-dealkylation sites (N-methyl/N-ethyl adjacent to an activating group) is 1. The van der Waals surface area contributed by atoms with Crippen LogP contribution in [-0.4, -0.2) is 56.5 Å². The van der Waals surface area contributed by atoms with Crippen molar-refractivity contribution in [3.63, 3.8) is 0 Å². The molecule has 0 spiro atoms. The Morgan fingerprint density at radius 1 is 1.39 bits per heavy atom. The van der Waals surface area contributed by atoms with E-state index in [9.17, 15) is 13.2 Å². The molecule has 2 atom stereocenters. The van der Waals surface area contributed by atoms with E-state index < -0.39 is 12.6 Å². The molecule has 2 unspecified atom stereocenters. The molecule has 0 aromatic rings. The molecule has 1 aliphatic heterocycles. The van der Waals surface area contributed by atoms with E-state index in [1.807, 2.05) is 0 Å². The SMILES string of the molecule is CC(NCCN(C)CCC(F)(F)F)C1CCCO1. The Morgan fingerprint density at radius 2 is 2.11 bits per heavy atom. The second kappa shape index (κ2) is 7.31. The zero-order chi connectivity index (χ0) is 13.6. The summed E-state index contributed by atoms with van der Waals surface area (Å²) in [6.45, 7) is 4.25. The minimum atomic E-state index is -4.06. The van der Waals surface area contributed by atoms with Crippen LogP contribution in [0.2, 0.25) is 0 Å². The summed E-state index contributed by atoms with van der Waals surface area (Å²) in [5, 5.41) is 3.30. The van der Waals surface area contributed by atoms with E-state index in [1.165, 1.54) is 0 Å². The van der Waals surface area contributed by atoms with Crippen LogP contribution in [0, 0.1) is 0 Å². The van der Waals surface area contributed by atoms with E-state index >= 15 is 0 Å². The molecular formula is C12H23F3N2O. The monoisotopic (exact) mass is 268 g/mol. The highest BCUT2D eigenvalue weighted by Gasteiger charge is 2.27. The molecule has 0 saturated carbocycles. The Balaban J connectivity index is 2.05. The molecule has 0 aliphatic carbocycles. The van der Waals surface area contributed by atoms with Crippen LogP contribution in [-0.2, 0) is 4.74 Å². The van der Waals surface area contributed by atoms with Gasteiger partial charge in [0.1, 0.15) is 0 Å². The zero-order valence-corrected chi connectivity index (χ0v) is 11.1. The van der Waals surface area contributed by atoms with Crippen molar-refractivity contribution in [2.24, 2.45) is 0 Å². The predicted octanol–water partition coefficient (Wildman–Crippen LogP) is 2.03. The standard InChI is InChI=1S/C12H23F3N2O/c1-10(11-4-3-9-18-11)16-6-8-17(2)7-5-12(13,14)15/h10-11,16H,3-9H2,1-2H3. The van der Waals surface area contributed by atoms with E-state index in [0.29, 0.717) is 13.1 Å². The van der Waals surface area contributed by atoms with Crippen LogP contribution in [0.1, 0.15) is 26.2 Å². The summed E-state index contributed by atoms with van der Waals surface area (Å²) in [4.78, 5) is 1.70. The summed E-state index contributed by atoms with van der Waals surface area (Å²) < 4.78 is 41.6. The van der Waals surface area contributed by atoms with E-state index in [1.54, 1.807) is 11.9 Å². The van der Waals surface area contributed by atoms with Gasteiger partial charge in [-0.05, 0) is 26.8 Å². The molecular weight excluding hydrogens is 245 g/mol. The molecule has 3 nitrogen and oxygen atoms in total. The first kappa shape index (κ1) is 15.7. The summed E-state index contributed by atoms with van der Waals surface area (Å²) in [5.41, 5.74) is 0. The molecule has 108 valence electrons. The largest absolute Gasteiger partial charge is 0.390 e. The minimum absolute atomic E-state index is 0.0550. The Hall–Kier alpha value is -0.330. The smallest absolute Gasteiger partial charge is 0.377 e.